The van der Waals surface area contributed by atoms with Crippen LogP contribution in [0.15, 0.2) is 38.0 Å². The molecule has 0 aliphatic carbocycles. The third kappa shape index (κ3) is 151. The minimum atomic E-state index is -1.23. The fourth-order valence-electron chi connectivity index (χ4n) is 0. The van der Waals surface area contributed by atoms with Crippen molar-refractivity contribution in [2.45, 2.75) is 0 Å². The van der Waals surface area contributed by atoms with Crippen molar-refractivity contribution in [3.63, 3.8) is 0 Å². The zero-order chi connectivity index (χ0) is 14.9. The number of carboxylic acid groups (broad SMARTS) is 3. The summed E-state index contributed by atoms with van der Waals surface area (Å²) in [4.78, 5) is 35.4. The zero-order valence-electron chi connectivity index (χ0n) is 9.25. The molecule has 0 heterocycles. The summed E-state index contributed by atoms with van der Waals surface area (Å²) in [6.45, 7) is 10.7. The van der Waals surface area contributed by atoms with Crippen molar-refractivity contribution in [2.75, 3.05) is 0 Å². The molecule has 0 aliphatic heterocycles. The molecule has 0 fully saturated rings. The van der Waals surface area contributed by atoms with Crippen molar-refractivity contribution < 1.29 is 54.0 Å². The summed E-state index contributed by atoms with van der Waals surface area (Å²) in [5.74, 6) is -3.69. The molecule has 0 rings (SSSR count). The van der Waals surface area contributed by atoms with E-state index in [-0.39, 0.29) is 19.5 Å². The predicted molar refractivity (Wildman–Crippen MR) is 52.7 cm³/mol. The normalized spacial score (nSPS) is 5.56. The second-order valence-corrected chi connectivity index (χ2v) is 1.57. The molecule has 0 aromatic carbocycles. The van der Waals surface area contributed by atoms with E-state index in [1.807, 2.05) is 6.79 Å². The predicted octanol–water partition coefficient (Wildman–Crippen LogP) is -3.42. The molecule has 0 aromatic rings. The number of hydrogen-bond acceptors (Lipinski definition) is 7. The van der Waals surface area contributed by atoms with Crippen LogP contribution in [0.3, 0.4) is 0 Å². The molecule has 0 amide bonds. The largest absolute Gasteiger partial charge is 3.00 e. The topological polar surface area (TPSA) is 137 Å². The molecule has 0 saturated carbocycles. The summed E-state index contributed by atoms with van der Waals surface area (Å²) < 4.78 is 0. The van der Waals surface area contributed by atoms with E-state index in [0.29, 0.717) is 0 Å². The number of hydrogen-bond donors (Lipinski definition) is 0. The van der Waals surface area contributed by atoms with E-state index >= 15 is 0 Å². The van der Waals surface area contributed by atoms with Crippen LogP contribution < -0.4 is 15.3 Å². The number of rotatable bonds is 3. The summed E-state index contributed by atoms with van der Waals surface area (Å²) in [7, 11) is 0. The van der Waals surface area contributed by atoms with Crippen molar-refractivity contribution in [2.24, 2.45) is 0 Å². The van der Waals surface area contributed by atoms with Gasteiger partial charge in [0.1, 0.15) is 6.79 Å². The molecule has 0 N–H and O–H groups in total. The molecule has 0 aromatic heterocycles. The van der Waals surface area contributed by atoms with Crippen LogP contribution in [0.5, 0.6) is 0 Å². The van der Waals surface area contributed by atoms with E-state index in [0.717, 1.165) is 18.2 Å². The van der Waals surface area contributed by atoms with Gasteiger partial charge in [-0.25, -0.2) is 0 Å². The van der Waals surface area contributed by atoms with Gasteiger partial charge in [-0.2, -0.15) is 0 Å². The summed E-state index contributed by atoms with van der Waals surface area (Å²) in [6, 6.07) is 0. The Morgan fingerprint density at radius 1 is 0.667 bits per heavy atom. The Morgan fingerprint density at radius 2 is 0.722 bits per heavy atom. The van der Waals surface area contributed by atoms with Crippen molar-refractivity contribution in [1.29, 1.82) is 0 Å². The van der Waals surface area contributed by atoms with Gasteiger partial charge in [0.2, 0.25) is 0 Å². The standard InChI is InChI=1S/3C3H4O2.CH2O.Rh/c3*1-2-3(4)5;1-2;/h3*2H,1H2,(H,4,5);1H2;/q;;;;+3/p-3. The van der Waals surface area contributed by atoms with Gasteiger partial charge in [-0.15, -0.1) is 0 Å². The van der Waals surface area contributed by atoms with Gasteiger partial charge in [0.15, 0.2) is 0 Å². The van der Waals surface area contributed by atoms with Gasteiger partial charge < -0.3 is 34.5 Å². The van der Waals surface area contributed by atoms with Crippen LogP contribution in [-0.2, 0) is 38.7 Å². The molecular weight excluding hydrogens is 335 g/mol. The quantitative estimate of drug-likeness (QED) is 0.383. The van der Waals surface area contributed by atoms with Crippen LogP contribution in [0.2, 0.25) is 0 Å². The SMILES string of the molecule is C=CC(=O)[O-].C=CC(=O)[O-].C=CC(=O)[O-].C=O.[Rh+3]. The molecule has 0 atom stereocenters. The van der Waals surface area contributed by atoms with Crippen LogP contribution in [0.1, 0.15) is 0 Å². The van der Waals surface area contributed by atoms with Crippen LogP contribution in [0.4, 0.5) is 0 Å². The maximum Gasteiger partial charge on any atom is 3.00 e. The third-order valence-electron chi connectivity index (χ3n) is 0.500. The molecule has 0 aliphatic rings. The second-order valence-electron chi connectivity index (χ2n) is 1.57. The molecule has 7 nitrogen and oxygen atoms in total. The Balaban J connectivity index is -0.0000000427. The van der Waals surface area contributed by atoms with E-state index in [1.54, 1.807) is 0 Å². The summed E-state index contributed by atoms with van der Waals surface area (Å²) in [6.07, 6.45) is 2.17. The molecule has 0 bridgehead atoms. The van der Waals surface area contributed by atoms with Gasteiger partial charge in [0.25, 0.3) is 0 Å². The van der Waals surface area contributed by atoms with Crippen LogP contribution in [0, 0.1) is 0 Å². The molecular formula is C10H11O7Rh. The van der Waals surface area contributed by atoms with Crippen molar-refractivity contribution in [3.05, 3.63) is 38.0 Å². The Hall–Kier alpha value is -2.08. The van der Waals surface area contributed by atoms with Crippen molar-refractivity contribution in [3.8, 4) is 0 Å². The summed E-state index contributed by atoms with van der Waals surface area (Å²) >= 11 is 0. The molecule has 8 heteroatoms. The van der Waals surface area contributed by atoms with E-state index < -0.39 is 17.9 Å². The molecule has 18 heavy (non-hydrogen) atoms. The van der Waals surface area contributed by atoms with Gasteiger partial charge in [-0.05, 0) is 18.2 Å². The number of carboxylic acids is 3. The van der Waals surface area contributed by atoms with Crippen molar-refractivity contribution >= 4 is 24.7 Å². The minimum Gasteiger partial charge on any atom is -0.545 e. The van der Waals surface area contributed by atoms with Crippen LogP contribution in [0.25, 0.3) is 0 Å². The van der Waals surface area contributed by atoms with Gasteiger partial charge in [0, 0.05) is 0 Å². The Bertz CT molecular complexity index is 231. The second kappa shape index (κ2) is 29.4. The van der Waals surface area contributed by atoms with E-state index in [9.17, 15) is 0 Å². The first-order chi connectivity index (χ1) is 7.81. The molecule has 0 unspecified atom stereocenters. The number of carbonyl (C=O) groups is 4. The summed E-state index contributed by atoms with van der Waals surface area (Å²) in [5.41, 5.74) is 0. The number of carbonyl (C=O) groups excluding carboxylic acids is 4. The monoisotopic (exact) mass is 346 g/mol. The maximum atomic E-state index is 9.14. The molecule has 0 radical (unpaired) electrons. The van der Waals surface area contributed by atoms with Crippen LogP contribution in [-0.4, -0.2) is 24.7 Å². The fourth-order valence-corrected chi connectivity index (χ4v) is 0. The van der Waals surface area contributed by atoms with Gasteiger partial charge in [0.05, 0.1) is 17.9 Å². The average molecular weight is 346 g/mol. The summed E-state index contributed by atoms with van der Waals surface area (Å²) in [5, 5.41) is 27.4. The first kappa shape index (κ1) is 29.7. The van der Waals surface area contributed by atoms with E-state index in [1.165, 1.54) is 0 Å². The fraction of sp³-hybridized carbons (Fsp3) is 0. The molecule has 0 spiro atoms. The first-order valence-electron chi connectivity index (χ1n) is 3.60. The van der Waals surface area contributed by atoms with Crippen molar-refractivity contribution in [1.82, 2.24) is 0 Å². The third-order valence-corrected chi connectivity index (χ3v) is 0.500. The Morgan fingerprint density at radius 3 is 0.722 bits per heavy atom. The smallest absolute Gasteiger partial charge is 0.545 e. The Kier molecular flexibility index (Phi) is 48.5. The van der Waals surface area contributed by atoms with E-state index in [4.69, 9.17) is 34.5 Å². The maximum absolute atomic E-state index is 9.14. The van der Waals surface area contributed by atoms with Gasteiger partial charge >= 0.3 is 19.5 Å². The van der Waals surface area contributed by atoms with Gasteiger partial charge in [-0.1, -0.05) is 19.7 Å². The first-order valence-corrected chi connectivity index (χ1v) is 3.60. The average Bonchev–Trinajstić information content (AvgIpc) is 2.32. The molecule has 0 saturated heterocycles. The number of aliphatic carboxylic acids is 3. The van der Waals surface area contributed by atoms with Crippen LogP contribution >= 0.6 is 0 Å². The minimum absolute atomic E-state index is 0. The molecule has 102 valence electrons. The zero-order valence-corrected chi connectivity index (χ0v) is 10.9. The van der Waals surface area contributed by atoms with Gasteiger partial charge in [-0.3, -0.25) is 0 Å². The van der Waals surface area contributed by atoms with E-state index in [2.05, 4.69) is 19.7 Å². The Labute approximate surface area is 117 Å².